The van der Waals surface area contributed by atoms with Gasteiger partial charge in [0.1, 0.15) is 5.75 Å². The van der Waals surface area contributed by atoms with Gasteiger partial charge in [-0.2, -0.15) is 0 Å². The van der Waals surface area contributed by atoms with E-state index in [9.17, 15) is 5.11 Å². The molecule has 128 valence electrons. The summed E-state index contributed by atoms with van der Waals surface area (Å²) in [5.41, 5.74) is 4.75. The van der Waals surface area contributed by atoms with Gasteiger partial charge >= 0.3 is 0 Å². The standard InChI is InChI=1S/C22H24N2O/c1-24(2)14-18-11-10-17-12-15-6-3-4-9-20(15)23-22(17)21(18)16-7-5-8-19(25)13-16/h3-9,12-13,18,21,25H,10-11,14H2,1-2H3. The first-order chi connectivity index (χ1) is 12.1. The van der Waals surface area contributed by atoms with Crippen LogP contribution in [0.25, 0.3) is 10.9 Å². The molecule has 0 fully saturated rings. The Morgan fingerprint density at radius 1 is 1.08 bits per heavy atom. The number of aryl methyl sites for hydroxylation is 1. The number of aromatic nitrogens is 1. The zero-order valence-electron chi connectivity index (χ0n) is 14.8. The zero-order valence-corrected chi connectivity index (χ0v) is 14.8. The van der Waals surface area contributed by atoms with Crippen LogP contribution in [0.15, 0.2) is 54.6 Å². The maximum absolute atomic E-state index is 10.0. The van der Waals surface area contributed by atoms with Gasteiger partial charge in [0.15, 0.2) is 0 Å². The van der Waals surface area contributed by atoms with Crippen LogP contribution >= 0.6 is 0 Å². The minimum absolute atomic E-state index is 0.225. The fraction of sp³-hybridized carbons (Fsp3) is 0.318. The number of phenols is 1. The number of phenolic OH excluding ortho intramolecular Hbond substituents is 1. The Morgan fingerprint density at radius 3 is 2.72 bits per heavy atom. The van der Waals surface area contributed by atoms with Gasteiger partial charge in [-0.05, 0) is 68.2 Å². The molecular formula is C22H24N2O. The molecule has 3 aromatic rings. The zero-order chi connectivity index (χ0) is 17.4. The quantitative estimate of drug-likeness (QED) is 0.781. The maximum atomic E-state index is 10.0. The Morgan fingerprint density at radius 2 is 1.92 bits per heavy atom. The first-order valence-electron chi connectivity index (χ1n) is 8.94. The number of benzene rings is 2. The second-order valence-electron chi connectivity index (χ2n) is 7.36. The van der Waals surface area contributed by atoms with Crippen LogP contribution in [0, 0.1) is 5.92 Å². The molecular weight excluding hydrogens is 308 g/mol. The average Bonchev–Trinajstić information content (AvgIpc) is 2.59. The lowest BCUT2D eigenvalue weighted by Gasteiger charge is -2.35. The van der Waals surface area contributed by atoms with Gasteiger partial charge in [0, 0.05) is 17.8 Å². The van der Waals surface area contributed by atoms with Gasteiger partial charge < -0.3 is 10.0 Å². The Balaban J connectivity index is 1.88. The Kier molecular flexibility index (Phi) is 4.18. The Hall–Kier alpha value is -2.39. The summed E-state index contributed by atoms with van der Waals surface area (Å²) in [6.45, 7) is 1.02. The number of fused-ring (bicyclic) bond motifs is 2. The third kappa shape index (κ3) is 3.12. The molecule has 0 saturated carbocycles. The van der Waals surface area contributed by atoms with E-state index in [1.807, 2.05) is 18.2 Å². The maximum Gasteiger partial charge on any atom is 0.115 e. The smallest absolute Gasteiger partial charge is 0.115 e. The summed E-state index contributed by atoms with van der Waals surface area (Å²) in [5, 5.41) is 11.2. The molecule has 1 N–H and O–H groups in total. The molecule has 2 unspecified atom stereocenters. The van der Waals surface area contributed by atoms with E-state index in [0.29, 0.717) is 11.7 Å². The predicted molar refractivity (Wildman–Crippen MR) is 102 cm³/mol. The highest BCUT2D eigenvalue weighted by atomic mass is 16.3. The van der Waals surface area contributed by atoms with Crippen molar-refractivity contribution in [2.75, 3.05) is 20.6 Å². The molecule has 0 amide bonds. The molecule has 1 aliphatic rings. The number of hydrogen-bond acceptors (Lipinski definition) is 3. The largest absolute Gasteiger partial charge is 0.508 e. The Labute approximate surface area is 148 Å². The molecule has 1 aliphatic carbocycles. The molecule has 0 bridgehead atoms. The highest BCUT2D eigenvalue weighted by molar-refractivity contribution is 5.79. The van der Waals surface area contributed by atoms with Crippen molar-refractivity contribution < 1.29 is 5.11 Å². The van der Waals surface area contributed by atoms with Crippen molar-refractivity contribution in [3.05, 3.63) is 71.4 Å². The molecule has 0 aliphatic heterocycles. The molecule has 25 heavy (non-hydrogen) atoms. The molecule has 2 aromatic carbocycles. The fourth-order valence-electron chi connectivity index (χ4n) is 4.19. The van der Waals surface area contributed by atoms with Crippen molar-refractivity contribution in [3.8, 4) is 5.75 Å². The van der Waals surface area contributed by atoms with Crippen LogP contribution in [-0.4, -0.2) is 35.6 Å². The summed E-state index contributed by atoms with van der Waals surface area (Å²) < 4.78 is 0. The minimum Gasteiger partial charge on any atom is -0.508 e. The molecule has 4 rings (SSSR count). The van der Waals surface area contributed by atoms with Crippen molar-refractivity contribution in [2.45, 2.75) is 18.8 Å². The van der Waals surface area contributed by atoms with E-state index < -0.39 is 0 Å². The molecule has 3 heteroatoms. The summed E-state index contributed by atoms with van der Waals surface area (Å²) in [6, 6.07) is 18.3. The molecule has 2 atom stereocenters. The highest BCUT2D eigenvalue weighted by Crippen LogP contribution is 2.41. The lowest BCUT2D eigenvalue weighted by molar-refractivity contribution is 0.279. The number of nitrogens with zero attached hydrogens (tertiary/aromatic N) is 2. The van der Waals surface area contributed by atoms with Gasteiger partial charge in [0.2, 0.25) is 0 Å². The number of pyridine rings is 1. The van der Waals surface area contributed by atoms with Crippen molar-refractivity contribution >= 4 is 10.9 Å². The van der Waals surface area contributed by atoms with Crippen molar-refractivity contribution in [1.82, 2.24) is 9.88 Å². The summed E-state index contributed by atoms with van der Waals surface area (Å²) in [7, 11) is 4.26. The van der Waals surface area contributed by atoms with E-state index in [4.69, 9.17) is 4.98 Å². The molecule has 0 saturated heterocycles. The van der Waals surface area contributed by atoms with Crippen LogP contribution in [0.4, 0.5) is 0 Å². The number of para-hydroxylation sites is 1. The summed E-state index contributed by atoms with van der Waals surface area (Å²) in [6.07, 6.45) is 2.21. The molecule has 3 nitrogen and oxygen atoms in total. The lowest BCUT2D eigenvalue weighted by Crippen LogP contribution is -2.31. The molecule has 0 radical (unpaired) electrons. The van der Waals surface area contributed by atoms with Gasteiger partial charge in [-0.15, -0.1) is 0 Å². The first kappa shape index (κ1) is 16.1. The SMILES string of the molecule is CN(C)CC1CCc2cc3ccccc3nc2C1c1cccc(O)c1. The summed E-state index contributed by atoms with van der Waals surface area (Å²) in [4.78, 5) is 7.32. The molecule has 1 heterocycles. The minimum atomic E-state index is 0.225. The van der Waals surface area contributed by atoms with Gasteiger partial charge in [-0.1, -0.05) is 30.3 Å². The van der Waals surface area contributed by atoms with Crippen LogP contribution in [-0.2, 0) is 6.42 Å². The number of rotatable bonds is 3. The van der Waals surface area contributed by atoms with Crippen LogP contribution in [0.1, 0.15) is 29.2 Å². The van der Waals surface area contributed by atoms with Crippen molar-refractivity contribution in [2.24, 2.45) is 5.92 Å². The third-order valence-electron chi connectivity index (χ3n) is 5.22. The van der Waals surface area contributed by atoms with Gasteiger partial charge in [-0.3, -0.25) is 4.98 Å². The van der Waals surface area contributed by atoms with Crippen molar-refractivity contribution in [3.63, 3.8) is 0 Å². The van der Waals surface area contributed by atoms with Crippen LogP contribution in [0.3, 0.4) is 0 Å². The van der Waals surface area contributed by atoms with E-state index in [1.165, 1.54) is 16.6 Å². The predicted octanol–water partition coefficient (Wildman–Crippen LogP) is 4.20. The highest BCUT2D eigenvalue weighted by Gasteiger charge is 2.32. The molecule has 0 spiro atoms. The Bertz CT molecular complexity index is 903. The monoisotopic (exact) mass is 332 g/mol. The van der Waals surface area contributed by atoms with Gasteiger partial charge in [0.25, 0.3) is 0 Å². The van der Waals surface area contributed by atoms with Gasteiger partial charge in [-0.25, -0.2) is 0 Å². The van der Waals surface area contributed by atoms with E-state index in [2.05, 4.69) is 49.3 Å². The van der Waals surface area contributed by atoms with Crippen LogP contribution in [0.5, 0.6) is 5.75 Å². The lowest BCUT2D eigenvalue weighted by atomic mass is 9.73. The average molecular weight is 332 g/mol. The summed E-state index contributed by atoms with van der Waals surface area (Å²) >= 11 is 0. The normalized spacial score (nSPS) is 20.0. The van der Waals surface area contributed by atoms with E-state index in [-0.39, 0.29) is 5.92 Å². The summed E-state index contributed by atoms with van der Waals surface area (Å²) in [5.74, 6) is 1.05. The van der Waals surface area contributed by atoms with Crippen LogP contribution in [0.2, 0.25) is 0 Å². The third-order valence-corrected chi connectivity index (χ3v) is 5.22. The fourth-order valence-corrected chi connectivity index (χ4v) is 4.19. The van der Waals surface area contributed by atoms with Crippen molar-refractivity contribution in [1.29, 1.82) is 0 Å². The molecule has 1 aromatic heterocycles. The second kappa shape index (κ2) is 6.49. The van der Waals surface area contributed by atoms with E-state index in [0.717, 1.165) is 30.5 Å². The number of hydrogen-bond donors (Lipinski definition) is 1. The van der Waals surface area contributed by atoms with Gasteiger partial charge in [0.05, 0.1) is 11.2 Å². The topological polar surface area (TPSA) is 36.4 Å². The van der Waals surface area contributed by atoms with Crippen LogP contribution < -0.4 is 0 Å². The number of aromatic hydroxyl groups is 1. The second-order valence-corrected chi connectivity index (χ2v) is 7.36. The van der Waals surface area contributed by atoms with E-state index >= 15 is 0 Å². The first-order valence-corrected chi connectivity index (χ1v) is 8.94. The van der Waals surface area contributed by atoms with E-state index in [1.54, 1.807) is 6.07 Å².